The monoisotopic (exact) mass is 1810 g/mol. The maximum atomic E-state index is 4.94. The Bertz CT molecular complexity index is 10200. The molecule has 6 aromatic heterocycles. The number of pyridine rings is 3. The lowest BCUT2D eigenvalue weighted by Gasteiger charge is -2.26. The Hall–Kier alpha value is -19.1. The van der Waals surface area contributed by atoms with Crippen molar-refractivity contribution in [1.82, 2.24) is 28.7 Å². The number of para-hydroxylation sites is 4. The number of hydrogen-bond acceptors (Lipinski definition) is 6. The lowest BCUT2D eigenvalue weighted by Crippen LogP contribution is -2.10. The van der Waals surface area contributed by atoms with Crippen LogP contribution in [0.25, 0.3) is 224 Å². The summed E-state index contributed by atoms with van der Waals surface area (Å²) in [5, 5.41) is 29.1. The van der Waals surface area contributed by atoms with Crippen molar-refractivity contribution in [3.63, 3.8) is 0 Å². The zero-order chi connectivity index (χ0) is 93.1. The third kappa shape index (κ3) is 12.6. The van der Waals surface area contributed by atoms with E-state index in [1.165, 1.54) is 190 Å². The highest BCUT2D eigenvalue weighted by Crippen LogP contribution is 2.53. The van der Waals surface area contributed by atoms with Crippen molar-refractivity contribution in [1.29, 1.82) is 0 Å². The highest BCUT2D eigenvalue weighted by atomic mass is 15.2. The molecule has 0 saturated heterocycles. The number of rotatable bonds is 15. The van der Waals surface area contributed by atoms with Gasteiger partial charge in [-0.2, -0.15) is 0 Å². The van der Waals surface area contributed by atoms with Crippen molar-refractivity contribution in [2.45, 2.75) is 0 Å². The quantitative estimate of drug-likeness (QED) is 0.0753. The van der Waals surface area contributed by atoms with Crippen LogP contribution in [0, 0.1) is 0 Å². The smallest absolute Gasteiger partial charge is 0.0793 e. The number of benzene rings is 25. The van der Waals surface area contributed by atoms with Gasteiger partial charge in [0, 0.05) is 168 Å². The Morgan fingerprint density at radius 1 is 0.141 bits per heavy atom. The molecule has 0 aliphatic heterocycles. The third-order valence-electron chi connectivity index (χ3n) is 29.5. The average Bonchev–Trinajstić information content (AvgIpc) is 1.53. The van der Waals surface area contributed by atoms with E-state index < -0.39 is 0 Å². The second-order valence-electron chi connectivity index (χ2n) is 37.3. The zero-order valence-electron chi connectivity index (χ0n) is 76.9. The van der Waals surface area contributed by atoms with Crippen molar-refractivity contribution in [2.75, 3.05) is 14.7 Å². The van der Waals surface area contributed by atoms with Crippen LogP contribution >= 0.6 is 0 Å². The second-order valence-corrected chi connectivity index (χ2v) is 37.3. The molecule has 0 aliphatic carbocycles. The standard InChI is InChI=1S/C47H29N3.2C43H27N3/c1-2-10-36(11-3-1)49(37-23-20-31(21-24-37)35-19-16-30-8-4-5-9-34(30)28-35)38-12-6-13-39(29-38)50-41-15-7-14-40-45(41)46-42(50)25-22-32-17-18-33-26-27-48-47(40)44(33)43(32)46;1-3-10-32(11-4-1)45(33-12-5-2-6-13-33)34-22-19-28(20-23-34)31-9-7-14-35(27-31)46-37-16-8-15-36-41(37)42-38(46)24-21-29-17-18-30-25-26-44-43(36)40(30)39(29)42;1-3-9-28(10-4-1)29-19-22-33(23-20-29)45(32-11-5-2-6-12-32)34-13-7-14-35(27-34)46-37-16-8-15-36-41(37)42-38(46)24-21-30-17-18-31-25-26-44-43(36)40(31)39(30)42/h1-29H;2*1-27H. The number of fused-ring (bicyclic) bond motifs is 4. The summed E-state index contributed by atoms with van der Waals surface area (Å²) in [6.07, 6.45) is 5.83. The van der Waals surface area contributed by atoms with Gasteiger partial charge in [-0.15, -0.1) is 0 Å². The van der Waals surface area contributed by atoms with E-state index in [2.05, 4.69) is 514 Å². The maximum absolute atomic E-state index is 4.94. The maximum Gasteiger partial charge on any atom is 0.0793 e. The summed E-state index contributed by atoms with van der Waals surface area (Å²) in [6.45, 7) is 0. The van der Waals surface area contributed by atoms with Gasteiger partial charge in [-0.1, -0.05) is 291 Å². The number of aromatic nitrogens is 6. The molecule has 0 bridgehead atoms. The predicted molar refractivity (Wildman–Crippen MR) is 598 cm³/mol. The van der Waals surface area contributed by atoms with Crippen molar-refractivity contribution in [3.8, 4) is 50.4 Å². The van der Waals surface area contributed by atoms with Crippen LogP contribution in [0.1, 0.15) is 0 Å². The Morgan fingerprint density at radius 2 is 0.394 bits per heavy atom. The van der Waals surface area contributed by atoms with Crippen LogP contribution in [-0.4, -0.2) is 28.7 Å². The predicted octanol–water partition coefficient (Wildman–Crippen LogP) is 36.1. The fourth-order valence-corrected chi connectivity index (χ4v) is 23.4. The molecule has 142 heavy (non-hydrogen) atoms. The van der Waals surface area contributed by atoms with E-state index >= 15 is 0 Å². The normalized spacial score (nSPS) is 11.9. The Kier molecular flexibility index (Phi) is 18.2. The minimum Gasteiger partial charge on any atom is -0.311 e. The summed E-state index contributed by atoms with van der Waals surface area (Å²) in [4.78, 5) is 21.8. The van der Waals surface area contributed by atoms with Crippen LogP contribution in [0.5, 0.6) is 0 Å². The van der Waals surface area contributed by atoms with Gasteiger partial charge in [0.05, 0.1) is 49.7 Å². The fourth-order valence-electron chi connectivity index (χ4n) is 23.4. The molecular weight excluding hydrogens is 1720 g/mol. The van der Waals surface area contributed by atoms with Gasteiger partial charge in [-0.05, 0) is 271 Å². The van der Waals surface area contributed by atoms with Crippen LogP contribution in [-0.2, 0) is 0 Å². The molecule has 0 atom stereocenters. The van der Waals surface area contributed by atoms with Crippen LogP contribution in [0.2, 0.25) is 0 Å². The first kappa shape index (κ1) is 80.2. The van der Waals surface area contributed by atoms with E-state index in [1.807, 2.05) is 18.6 Å². The lowest BCUT2D eigenvalue weighted by molar-refractivity contribution is 1.17. The molecule has 0 amide bonds. The van der Waals surface area contributed by atoms with E-state index in [9.17, 15) is 0 Å². The number of anilines is 9. The molecule has 0 aliphatic rings. The van der Waals surface area contributed by atoms with Crippen LogP contribution in [0.15, 0.2) is 504 Å². The lowest BCUT2D eigenvalue weighted by atomic mass is 9.92. The summed E-state index contributed by atoms with van der Waals surface area (Å²) < 4.78 is 7.31. The molecular formula is C133H83N9. The largest absolute Gasteiger partial charge is 0.311 e. The third-order valence-corrected chi connectivity index (χ3v) is 29.5. The summed E-state index contributed by atoms with van der Waals surface area (Å²) in [5.41, 5.74) is 31.1. The van der Waals surface area contributed by atoms with Crippen LogP contribution in [0.3, 0.4) is 0 Å². The molecule has 9 nitrogen and oxygen atoms in total. The SMILES string of the molecule is c1ccc(-c2ccc(N(c3ccccc3)c3cccc(-n4c5cccc6c7nccc8ccc9ccc4c(c9c87)c65)c3)cc2)cc1.c1ccc(N(c2ccc(-c3ccc4ccccc4c3)cc2)c2cccc(-n3c4cccc5c6nccc7ccc8ccc3c(c8c76)c54)c2)cc1.c1ccc(N(c2ccccc2)c2ccc(-c3cccc(-n4c5cccc6c7nccc8ccc9ccc4c(c9c87)c65)c3)cc2)cc1. The molecule has 0 fully saturated rings. The molecule has 0 saturated carbocycles. The Morgan fingerprint density at radius 3 is 0.775 bits per heavy atom. The minimum atomic E-state index is 1.08. The van der Waals surface area contributed by atoms with Gasteiger partial charge >= 0.3 is 0 Å². The van der Waals surface area contributed by atoms with Crippen molar-refractivity contribution in [2.24, 2.45) is 0 Å². The summed E-state index contributed by atoms with van der Waals surface area (Å²) in [6, 6.07) is 175. The summed E-state index contributed by atoms with van der Waals surface area (Å²) >= 11 is 0. The summed E-state index contributed by atoms with van der Waals surface area (Å²) in [5.74, 6) is 0. The number of nitrogens with zero attached hydrogens (tertiary/aromatic N) is 9. The van der Waals surface area contributed by atoms with E-state index in [0.29, 0.717) is 0 Å². The van der Waals surface area contributed by atoms with Gasteiger partial charge < -0.3 is 28.4 Å². The molecule has 0 spiro atoms. The van der Waals surface area contributed by atoms with Gasteiger partial charge in [0.25, 0.3) is 0 Å². The van der Waals surface area contributed by atoms with Crippen molar-refractivity contribution < 1.29 is 0 Å². The topological polar surface area (TPSA) is 63.2 Å². The average molecular weight is 1810 g/mol. The van der Waals surface area contributed by atoms with Crippen molar-refractivity contribution >= 4 is 225 Å². The Labute approximate surface area is 816 Å². The number of hydrogen-bond donors (Lipinski definition) is 0. The van der Waals surface area contributed by atoms with Gasteiger partial charge in [0.2, 0.25) is 0 Å². The van der Waals surface area contributed by atoms with Gasteiger partial charge in [-0.3, -0.25) is 15.0 Å². The molecule has 660 valence electrons. The second kappa shape index (κ2) is 32.3. The molecule has 6 heterocycles. The van der Waals surface area contributed by atoms with Crippen molar-refractivity contribution in [3.05, 3.63) is 504 Å². The van der Waals surface area contributed by atoms with Gasteiger partial charge in [0.15, 0.2) is 0 Å². The highest BCUT2D eigenvalue weighted by Gasteiger charge is 2.29. The van der Waals surface area contributed by atoms with E-state index in [1.54, 1.807) is 0 Å². The van der Waals surface area contributed by atoms with E-state index in [4.69, 9.17) is 15.0 Å². The molecule has 0 radical (unpaired) electrons. The minimum absolute atomic E-state index is 1.08. The molecule has 0 N–H and O–H groups in total. The van der Waals surface area contributed by atoms with E-state index in [-0.39, 0.29) is 0 Å². The van der Waals surface area contributed by atoms with Crippen LogP contribution < -0.4 is 14.7 Å². The zero-order valence-corrected chi connectivity index (χ0v) is 76.9. The first-order valence-corrected chi connectivity index (χ1v) is 48.6. The Balaban J connectivity index is 0.000000102. The first-order chi connectivity index (χ1) is 70.5. The molecule has 31 rings (SSSR count). The first-order valence-electron chi connectivity index (χ1n) is 48.6. The van der Waals surface area contributed by atoms with Gasteiger partial charge in [0.1, 0.15) is 0 Å². The highest BCUT2D eigenvalue weighted by molar-refractivity contribution is 6.43. The van der Waals surface area contributed by atoms with Gasteiger partial charge in [-0.25, -0.2) is 0 Å². The molecule has 9 heteroatoms. The fraction of sp³-hybridized carbons (Fsp3) is 0. The molecule has 31 aromatic rings. The summed E-state index contributed by atoms with van der Waals surface area (Å²) in [7, 11) is 0. The van der Waals surface area contributed by atoms with Crippen LogP contribution in [0.4, 0.5) is 51.2 Å². The molecule has 0 unspecified atom stereocenters. The van der Waals surface area contributed by atoms with E-state index in [0.717, 1.165) is 84.8 Å². The molecule has 25 aromatic carbocycles.